The van der Waals surface area contributed by atoms with Crippen LogP contribution in [0.25, 0.3) is 38.6 Å². The molecule has 262 valence electrons. The molecule has 1 heterocycles. The number of hydrogen-bond acceptors (Lipinski definition) is 3. The highest BCUT2D eigenvalue weighted by Crippen LogP contribution is 2.40. The average Bonchev–Trinajstić information content (AvgIpc) is 3.52. The summed E-state index contributed by atoms with van der Waals surface area (Å²) in [5.74, 6) is 0. The first-order valence-corrected chi connectivity index (χ1v) is 17.8. The molecule has 4 nitrogen and oxygen atoms in total. The molecule has 0 aliphatic rings. The summed E-state index contributed by atoms with van der Waals surface area (Å²) in [4.78, 5) is 2.32. The fourth-order valence-electron chi connectivity index (χ4n) is 6.57. The van der Waals surface area contributed by atoms with Gasteiger partial charge in [0.15, 0.2) is 0 Å². The first kappa shape index (κ1) is 36.0. The fraction of sp³-hybridized carbons (Fsp3) is 0.0612. The van der Waals surface area contributed by atoms with Crippen LogP contribution in [0, 0.1) is 6.92 Å². The van der Waals surface area contributed by atoms with Crippen molar-refractivity contribution in [1.29, 1.82) is 0 Å². The Balaban J connectivity index is 0.000000533. The lowest BCUT2D eigenvalue weighted by Gasteiger charge is -2.26. The molecule has 4 N–H and O–H groups in total. The van der Waals surface area contributed by atoms with Crippen LogP contribution in [0.1, 0.15) is 30.5 Å². The number of para-hydroxylation sites is 2. The van der Waals surface area contributed by atoms with Gasteiger partial charge in [0.2, 0.25) is 0 Å². The number of rotatable bonds is 9. The maximum Gasteiger partial charge on any atom is 0.0561 e. The molecule has 0 aliphatic carbocycles. The predicted molar refractivity (Wildman–Crippen MR) is 232 cm³/mol. The van der Waals surface area contributed by atoms with Gasteiger partial charge in [0, 0.05) is 44.9 Å². The number of anilines is 5. The molecule has 0 atom stereocenters. The minimum absolute atomic E-state index is 0.747. The summed E-state index contributed by atoms with van der Waals surface area (Å²) in [5, 5.41) is 2.41. The molecule has 6 aromatic carbocycles. The van der Waals surface area contributed by atoms with E-state index in [0.717, 1.165) is 73.0 Å². The number of aryl methyl sites for hydroxylation is 1. The summed E-state index contributed by atoms with van der Waals surface area (Å²) in [7, 11) is 0. The van der Waals surface area contributed by atoms with Gasteiger partial charge in [-0.15, -0.1) is 0 Å². The third-order valence-corrected chi connectivity index (χ3v) is 9.43. The number of aromatic nitrogens is 1. The van der Waals surface area contributed by atoms with Gasteiger partial charge in [-0.3, -0.25) is 0 Å². The smallest absolute Gasteiger partial charge is 0.0561 e. The van der Waals surface area contributed by atoms with Crippen LogP contribution in [-0.2, 0) is 0 Å². The van der Waals surface area contributed by atoms with E-state index >= 15 is 0 Å². The Morgan fingerprint density at radius 3 is 1.74 bits per heavy atom. The third kappa shape index (κ3) is 7.78. The van der Waals surface area contributed by atoms with E-state index in [4.69, 9.17) is 11.5 Å². The van der Waals surface area contributed by atoms with Crippen LogP contribution in [-0.4, -0.2) is 4.57 Å². The van der Waals surface area contributed by atoms with Gasteiger partial charge in [0.1, 0.15) is 0 Å². The van der Waals surface area contributed by atoms with Gasteiger partial charge in [-0.1, -0.05) is 116 Å². The molecule has 0 spiro atoms. The van der Waals surface area contributed by atoms with Crippen molar-refractivity contribution in [2.75, 3.05) is 16.4 Å². The van der Waals surface area contributed by atoms with Crippen LogP contribution in [0.15, 0.2) is 189 Å². The average molecular weight is 691 g/mol. The highest BCUT2D eigenvalue weighted by molar-refractivity contribution is 6.10. The second kappa shape index (κ2) is 16.5. The molecule has 0 fully saturated rings. The number of fused-ring (bicyclic) bond motifs is 3. The van der Waals surface area contributed by atoms with Crippen molar-refractivity contribution in [2.45, 2.75) is 20.8 Å². The molecule has 0 saturated heterocycles. The molecule has 0 amide bonds. The van der Waals surface area contributed by atoms with Gasteiger partial charge in [-0.05, 0) is 121 Å². The first-order valence-electron chi connectivity index (χ1n) is 17.8. The number of nitrogen functional groups attached to an aromatic ring is 2. The van der Waals surface area contributed by atoms with E-state index in [2.05, 4.69) is 151 Å². The second-order valence-electron chi connectivity index (χ2n) is 12.7. The van der Waals surface area contributed by atoms with Crippen LogP contribution in [0.5, 0.6) is 0 Å². The van der Waals surface area contributed by atoms with Crippen molar-refractivity contribution in [2.24, 2.45) is 0 Å². The first-order chi connectivity index (χ1) is 25.9. The van der Waals surface area contributed by atoms with E-state index in [1.807, 2.05) is 62.4 Å². The zero-order chi connectivity index (χ0) is 37.3. The van der Waals surface area contributed by atoms with E-state index in [1.165, 1.54) is 10.8 Å². The van der Waals surface area contributed by atoms with E-state index in [9.17, 15) is 0 Å². The van der Waals surface area contributed by atoms with Crippen molar-refractivity contribution in [3.05, 3.63) is 206 Å². The van der Waals surface area contributed by atoms with E-state index in [0.29, 0.717) is 0 Å². The molecule has 0 aliphatic heterocycles. The topological polar surface area (TPSA) is 60.2 Å². The van der Waals surface area contributed by atoms with Gasteiger partial charge < -0.3 is 20.9 Å². The Morgan fingerprint density at radius 2 is 1.17 bits per heavy atom. The standard InChI is InChI=1S/C42H37N3.C7H9N/c1-5-9-12-31(8-4)33-17-23-36(24-18-33)44(35-21-15-32(16-22-35)30(6-2)7-3)38-27-28-40-39-13-10-11-14-41(39)45(42(40)29-38)37-25-19-34(43)20-26-37;1-6-4-2-3-5-7(6)8/h5-29H,1-2,43H2,3-4H3;2-5H,8H2,1H3/b12-9-,30-7+,31-8+;. The van der Waals surface area contributed by atoms with E-state index in [-0.39, 0.29) is 0 Å². The fourth-order valence-corrected chi connectivity index (χ4v) is 6.57. The molecule has 0 unspecified atom stereocenters. The molecular formula is C49H46N4. The molecule has 1 aromatic heterocycles. The summed E-state index contributed by atoms with van der Waals surface area (Å²) >= 11 is 0. The van der Waals surface area contributed by atoms with Crippen molar-refractivity contribution in [1.82, 2.24) is 4.57 Å². The lowest BCUT2D eigenvalue weighted by atomic mass is 10.0. The van der Waals surface area contributed by atoms with E-state index in [1.54, 1.807) is 6.08 Å². The Morgan fingerprint density at radius 1 is 0.604 bits per heavy atom. The van der Waals surface area contributed by atoms with Crippen molar-refractivity contribution < 1.29 is 0 Å². The molecule has 7 aromatic rings. The van der Waals surface area contributed by atoms with Gasteiger partial charge in [-0.25, -0.2) is 0 Å². The summed E-state index contributed by atoms with van der Waals surface area (Å²) in [6.07, 6.45) is 12.0. The molecule has 7 rings (SSSR count). The lowest BCUT2D eigenvalue weighted by molar-refractivity contribution is 1.18. The monoisotopic (exact) mass is 690 g/mol. The SMILES string of the molecule is C=C/C=C\C(=C/C)c1ccc(N(c2ccc(/C(C=C)=C/C)cc2)c2ccc3c4ccccc4n(-c4ccc(N)cc4)c3c2)cc1.Cc1ccccc1N. The maximum absolute atomic E-state index is 6.07. The Labute approximate surface area is 313 Å². The van der Waals surface area contributed by atoms with Crippen molar-refractivity contribution >= 4 is 61.4 Å². The summed E-state index contributed by atoms with van der Waals surface area (Å²) < 4.78 is 2.32. The van der Waals surface area contributed by atoms with Crippen LogP contribution in [0.2, 0.25) is 0 Å². The molecule has 4 heteroatoms. The Bertz CT molecular complexity index is 2440. The number of nitrogens with two attached hydrogens (primary N) is 2. The highest BCUT2D eigenvalue weighted by Gasteiger charge is 2.18. The van der Waals surface area contributed by atoms with Gasteiger partial charge in [0.25, 0.3) is 0 Å². The van der Waals surface area contributed by atoms with Crippen LogP contribution >= 0.6 is 0 Å². The number of benzene rings is 6. The van der Waals surface area contributed by atoms with Crippen molar-refractivity contribution in [3.63, 3.8) is 0 Å². The Hall–Kier alpha value is -6.78. The zero-order valence-electron chi connectivity index (χ0n) is 30.7. The number of hydrogen-bond donors (Lipinski definition) is 2. The van der Waals surface area contributed by atoms with Gasteiger partial charge in [-0.2, -0.15) is 0 Å². The summed E-state index contributed by atoms with van der Waals surface area (Å²) in [6.45, 7) is 13.9. The molecule has 53 heavy (non-hydrogen) atoms. The minimum atomic E-state index is 0.747. The van der Waals surface area contributed by atoms with Gasteiger partial charge in [0.05, 0.1) is 11.0 Å². The third-order valence-electron chi connectivity index (χ3n) is 9.43. The zero-order valence-corrected chi connectivity index (χ0v) is 30.7. The maximum atomic E-state index is 6.07. The van der Waals surface area contributed by atoms with Crippen molar-refractivity contribution in [3.8, 4) is 5.69 Å². The molecule has 0 bridgehead atoms. The normalized spacial score (nSPS) is 11.8. The largest absolute Gasteiger partial charge is 0.399 e. The summed E-state index contributed by atoms with van der Waals surface area (Å²) in [5.41, 5.74) is 25.5. The molecule has 0 saturated carbocycles. The Kier molecular flexibility index (Phi) is 11.2. The van der Waals surface area contributed by atoms with Crippen LogP contribution in [0.4, 0.5) is 28.4 Å². The highest BCUT2D eigenvalue weighted by atomic mass is 15.1. The quantitative estimate of drug-likeness (QED) is 0.117. The predicted octanol–water partition coefficient (Wildman–Crippen LogP) is 13.1. The molecular weight excluding hydrogens is 645 g/mol. The lowest BCUT2D eigenvalue weighted by Crippen LogP contribution is -2.10. The van der Waals surface area contributed by atoms with Gasteiger partial charge >= 0.3 is 0 Å². The van der Waals surface area contributed by atoms with Crippen LogP contribution in [0.3, 0.4) is 0 Å². The number of allylic oxidation sites excluding steroid dienone is 8. The number of nitrogens with zero attached hydrogens (tertiary/aromatic N) is 2. The van der Waals surface area contributed by atoms with Crippen LogP contribution < -0.4 is 16.4 Å². The second-order valence-corrected chi connectivity index (χ2v) is 12.7. The van der Waals surface area contributed by atoms with E-state index < -0.39 is 0 Å². The minimum Gasteiger partial charge on any atom is -0.399 e. The molecule has 0 radical (unpaired) electrons. The summed E-state index contributed by atoms with van der Waals surface area (Å²) in [6, 6.07) is 48.6.